The van der Waals surface area contributed by atoms with Crippen LogP contribution in [0.4, 0.5) is 0 Å². The van der Waals surface area contributed by atoms with E-state index in [-0.39, 0.29) is 29.9 Å². The van der Waals surface area contributed by atoms with E-state index in [9.17, 15) is 10.2 Å². The lowest BCUT2D eigenvalue weighted by Gasteiger charge is -2.12. The van der Waals surface area contributed by atoms with Crippen molar-refractivity contribution in [3.8, 4) is 11.5 Å². The molecule has 4 N–H and O–H groups in total. The van der Waals surface area contributed by atoms with Gasteiger partial charge in [0.05, 0.1) is 0 Å². The van der Waals surface area contributed by atoms with Crippen LogP contribution in [-0.4, -0.2) is 10.2 Å². The molecule has 1 aromatic carbocycles. The van der Waals surface area contributed by atoms with Gasteiger partial charge in [-0.2, -0.15) is 0 Å². The normalized spacial score (nSPS) is 11.5. The summed E-state index contributed by atoms with van der Waals surface area (Å²) in [6, 6.07) is 4.10. The van der Waals surface area contributed by atoms with Gasteiger partial charge in [-0.3, -0.25) is 0 Å². The molecule has 0 fully saturated rings. The molecule has 0 aliphatic rings. The summed E-state index contributed by atoms with van der Waals surface area (Å²) in [7, 11) is 0. The fourth-order valence-corrected chi connectivity index (χ4v) is 1.29. The summed E-state index contributed by atoms with van der Waals surface area (Å²) in [4.78, 5) is 0. The van der Waals surface area contributed by atoms with Crippen molar-refractivity contribution in [3.63, 3.8) is 0 Å². The zero-order chi connectivity index (χ0) is 10.6. The van der Waals surface area contributed by atoms with Gasteiger partial charge in [0.1, 0.15) is 11.5 Å². The lowest BCUT2D eigenvalue weighted by Crippen LogP contribution is -2.09. The molecule has 0 radical (unpaired) electrons. The summed E-state index contributed by atoms with van der Waals surface area (Å²) in [6.45, 7) is 3.60. The van der Waals surface area contributed by atoms with Crippen LogP contribution >= 0.6 is 12.4 Å². The molecule has 0 spiro atoms. The van der Waals surface area contributed by atoms with Crippen molar-refractivity contribution in [2.45, 2.75) is 18.9 Å². The van der Waals surface area contributed by atoms with Gasteiger partial charge in [0.25, 0.3) is 0 Å². The maximum Gasteiger partial charge on any atom is 0.120 e. The van der Waals surface area contributed by atoms with Crippen LogP contribution in [0, 0.1) is 0 Å². The Morgan fingerprint density at radius 1 is 1.40 bits per heavy atom. The van der Waals surface area contributed by atoms with E-state index in [0.717, 1.165) is 6.42 Å². The number of phenols is 2. The second-order valence-corrected chi connectivity index (χ2v) is 3.22. The lowest BCUT2D eigenvalue weighted by atomic mass is 10.0. The monoisotopic (exact) mass is 229 g/mol. The van der Waals surface area contributed by atoms with Crippen molar-refractivity contribution >= 4 is 12.4 Å². The van der Waals surface area contributed by atoms with E-state index < -0.39 is 0 Å². The quantitative estimate of drug-likeness (QED) is 0.549. The van der Waals surface area contributed by atoms with Crippen LogP contribution in [0.5, 0.6) is 11.5 Å². The molecule has 0 aliphatic carbocycles. The third-order valence-corrected chi connectivity index (χ3v) is 2.09. The Kier molecular flexibility index (Phi) is 5.82. The second-order valence-electron chi connectivity index (χ2n) is 3.22. The number of rotatable bonds is 4. The Hall–Kier alpha value is -1.19. The van der Waals surface area contributed by atoms with Crippen molar-refractivity contribution in [2.24, 2.45) is 5.73 Å². The highest BCUT2D eigenvalue weighted by atomic mass is 35.5. The largest absolute Gasteiger partial charge is 0.508 e. The summed E-state index contributed by atoms with van der Waals surface area (Å²) < 4.78 is 0. The first kappa shape index (κ1) is 13.8. The van der Waals surface area contributed by atoms with Crippen molar-refractivity contribution in [1.82, 2.24) is 0 Å². The maximum atomic E-state index is 9.49. The number of halogens is 1. The first-order chi connectivity index (χ1) is 6.65. The van der Waals surface area contributed by atoms with E-state index >= 15 is 0 Å². The summed E-state index contributed by atoms with van der Waals surface area (Å²) in [5.41, 5.74) is 6.41. The summed E-state index contributed by atoms with van der Waals surface area (Å²) in [5.74, 6) is 0.242. The Morgan fingerprint density at radius 3 is 2.67 bits per heavy atom. The second kappa shape index (κ2) is 6.32. The van der Waals surface area contributed by atoms with Gasteiger partial charge in [-0.15, -0.1) is 19.0 Å². The van der Waals surface area contributed by atoms with Crippen molar-refractivity contribution in [2.75, 3.05) is 0 Å². The Morgan fingerprint density at radius 2 is 2.07 bits per heavy atom. The van der Waals surface area contributed by atoms with E-state index in [1.54, 1.807) is 6.08 Å². The zero-order valence-electron chi connectivity index (χ0n) is 8.39. The van der Waals surface area contributed by atoms with Crippen LogP contribution < -0.4 is 5.73 Å². The molecule has 0 aromatic heterocycles. The molecule has 84 valence electrons. The molecule has 1 atom stereocenters. The average Bonchev–Trinajstić information content (AvgIpc) is 2.18. The molecule has 0 saturated heterocycles. The molecule has 0 heterocycles. The van der Waals surface area contributed by atoms with E-state index in [1.807, 2.05) is 0 Å². The van der Waals surface area contributed by atoms with E-state index in [1.165, 1.54) is 18.2 Å². The van der Waals surface area contributed by atoms with E-state index in [2.05, 4.69) is 6.58 Å². The minimum atomic E-state index is -0.264. The molecule has 0 amide bonds. The van der Waals surface area contributed by atoms with E-state index in [4.69, 9.17) is 5.73 Å². The first-order valence-electron chi connectivity index (χ1n) is 4.53. The number of benzene rings is 1. The van der Waals surface area contributed by atoms with Crippen molar-refractivity contribution in [1.29, 1.82) is 0 Å². The average molecular weight is 230 g/mol. The molecule has 1 rings (SSSR count). The molecule has 0 bridgehead atoms. The molecule has 0 unspecified atom stereocenters. The van der Waals surface area contributed by atoms with Gasteiger partial charge in [0, 0.05) is 11.6 Å². The van der Waals surface area contributed by atoms with Crippen LogP contribution in [-0.2, 0) is 0 Å². The number of allylic oxidation sites excluding steroid dienone is 1. The standard InChI is InChI=1S/C11H15NO2.ClH/c1-2-3-4-10(12)9-7-8(13)5-6-11(9)14;/h2,5-7,10,13-14H,1,3-4,12H2;1H/t10-;/m1./s1. The van der Waals surface area contributed by atoms with Gasteiger partial charge in [0.2, 0.25) is 0 Å². The van der Waals surface area contributed by atoms with Gasteiger partial charge in [-0.1, -0.05) is 6.08 Å². The van der Waals surface area contributed by atoms with E-state index in [0.29, 0.717) is 12.0 Å². The van der Waals surface area contributed by atoms with Gasteiger partial charge >= 0.3 is 0 Å². The molecule has 15 heavy (non-hydrogen) atoms. The van der Waals surface area contributed by atoms with Crippen molar-refractivity contribution in [3.05, 3.63) is 36.4 Å². The number of hydrogen-bond donors (Lipinski definition) is 3. The summed E-state index contributed by atoms with van der Waals surface area (Å²) in [5, 5.41) is 18.7. The molecule has 0 saturated carbocycles. The van der Waals surface area contributed by atoms with Crippen LogP contribution in [0.15, 0.2) is 30.9 Å². The molecule has 1 aromatic rings. The molecule has 0 aliphatic heterocycles. The van der Waals surface area contributed by atoms with Gasteiger partial charge < -0.3 is 15.9 Å². The van der Waals surface area contributed by atoms with Crippen molar-refractivity contribution < 1.29 is 10.2 Å². The number of phenolic OH excluding ortho intramolecular Hbond substituents is 2. The zero-order valence-corrected chi connectivity index (χ0v) is 9.20. The Balaban J connectivity index is 0.00000196. The number of aromatic hydroxyl groups is 2. The smallest absolute Gasteiger partial charge is 0.120 e. The third-order valence-electron chi connectivity index (χ3n) is 2.09. The predicted octanol–water partition coefficient (Wildman–Crippen LogP) is 2.49. The fraction of sp³-hybridized carbons (Fsp3) is 0.273. The number of hydrogen-bond acceptors (Lipinski definition) is 3. The minimum Gasteiger partial charge on any atom is -0.508 e. The Bertz CT molecular complexity index is 328. The van der Waals surface area contributed by atoms with Gasteiger partial charge in [-0.25, -0.2) is 0 Å². The summed E-state index contributed by atoms with van der Waals surface area (Å²) >= 11 is 0. The van der Waals surface area contributed by atoms with Crippen LogP contribution in [0.2, 0.25) is 0 Å². The van der Waals surface area contributed by atoms with Crippen LogP contribution in [0.3, 0.4) is 0 Å². The van der Waals surface area contributed by atoms with Crippen LogP contribution in [0.25, 0.3) is 0 Å². The first-order valence-corrected chi connectivity index (χ1v) is 4.53. The Labute approximate surface area is 95.6 Å². The highest BCUT2D eigenvalue weighted by molar-refractivity contribution is 5.85. The number of nitrogens with two attached hydrogens (primary N) is 1. The maximum absolute atomic E-state index is 9.49. The van der Waals surface area contributed by atoms with Crippen LogP contribution in [0.1, 0.15) is 24.4 Å². The molecule has 4 heteroatoms. The predicted molar refractivity (Wildman–Crippen MR) is 63.4 cm³/mol. The third kappa shape index (κ3) is 3.81. The highest BCUT2D eigenvalue weighted by Gasteiger charge is 2.10. The highest BCUT2D eigenvalue weighted by Crippen LogP contribution is 2.28. The lowest BCUT2D eigenvalue weighted by molar-refractivity contribution is 0.446. The topological polar surface area (TPSA) is 66.5 Å². The molecule has 3 nitrogen and oxygen atoms in total. The minimum absolute atomic E-state index is 0. The SMILES string of the molecule is C=CCC[C@@H](N)c1cc(O)ccc1O.Cl. The summed E-state index contributed by atoms with van der Waals surface area (Å²) in [6.07, 6.45) is 3.27. The molecular formula is C11H16ClNO2. The molecular weight excluding hydrogens is 214 g/mol. The van der Waals surface area contributed by atoms with Gasteiger partial charge in [0.15, 0.2) is 0 Å². The van der Waals surface area contributed by atoms with Gasteiger partial charge in [-0.05, 0) is 31.0 Å². The fourth-order valence-electron chi connectivity index (χ4n) is 1.29.